The second kappa shape index (κ2) is 7.15. The largest absolute Gasteiger partial charge is 0.461 e. The highest BCUT2D eigenvalue weighted by Crippen LogP contribution is 2.50. The maximum atomic E-state index is 13.9. The van der Waals surface area contributed by atoms with Gasteiger partial charge in [0.25, 0.3) is 0 Å². The van der Waals surface area contributed by atoms with Crippen molar-refractivity contribution >= 4 is 42.7 Å². The topological polar surface area (TPSA) is 42.9 Å². The summed E-state index contributed by atoms with van der Waals surface area (Å²) in [4.78, 5) is 6.47. The first-order chi connectivity index (χ1) is 11.8. The minimum absolute atomic E-state index is 0.0122. The van der Waals surface area contributed by atoms with Crippen molar-refractivity contribution < 1.29 is 34.9 Å². The van der Waals surface area contributed by atoms with Crippen molar-refractivity contribution in [3.05, 3.63) is 39.7 Å². The van der Waals surface area contributed by atoms with Gasteiger partial charge in [0.2, 0.25) is 0 Å². The Kier molecular flexibility index (Phi) is 5.84. The van der Waals surface area contributed by atoms with Crippen LogP contribution in [0, 0.1) is 0 Å². The molecule has 1 heterocycles. The number of halogens is 9. The molecule has 1 unspecified atom stereocenters. The van der Waals surface area contributed by atoms with E-state index in [1.165, 1.54) is 12.3 Å². The van der Waals surface area contributed by atoms with E-state index in [0.717, 1.165) is 18.5 Å². The van der Waals surface area contributed by atoms with E-state index < -0.39 is 33.0 Å². The zero-order valence-electron chi connectivity index (χ0n) is 12.0. The molecule has 0 aliphatic heterocycles. The van der Waals surface area contributed by atoms with Crippen molar-refractivity contribution in [1.82, 2.24) is 9.97 Å². The summed E-state index contributed by atoms with van der Waals surface area (Å²) in [5.74, 6) is -6.51. The summed E-state index contributed by atoms with van der Waals surface area (Å²) in [7, 11) is -4.07. The zero-order chi connectivity index (χ0) is 19.9. The summed E-state index contributed by atoms with van der Waals surface area (Å²) in [5, 5.41) is -5.93. The smallest absolute Gasteiger partial charge is 0.261 e. The van der Waals surface area contributed by atoms with Crippen LogP contribution in [0.3, 0.4) is 0 Å². The van der Waals surface area contributed by atoms with Crippen molar-refractivity contribution in [2.75, 3.05) is 0 Å². The highest BCUT2D eigenvalue weighted by molar-refractivity contribution is 9.11. The van der Waals surface area contributed by atoms with Crippen LogP contribution < -0.4 is 0 Å². The normalized spacial score (nSPS) is 14.3. The summed E-state index contributed by atoms with van der Waals surface area (Å²) in [6.45, 7) is 0. The third-order valence-electron chi connectivity index (χ3n) is 2.99. The van der Waals surface area contributed by atoms with Gasteiger partial charge in [0.1, 0.15) is 10.8 Å². The van der Waals surface area contributed by atoms with Gasteiger partial charge in [-0.2, -0.15) is 30.7 Å². The quantitative estimate of drug-likeness (QED) is 0.487. The van der Waals surface area contributed by atoms with Crippen molar-refractivity contribution in [2.45, 2.75) is 22.2 Å². The Morgan fingerprint density at radius 1 is 0.962 bits per heavy atom. The maximum Gasteiger partial charge on any atom is 0.461 e. The molecule has 0 spiro atoms. The molecule has 2 rings (SSSR count). The molecule has 26 heavy (non-hydrogen) atoms. The molecular weight excluding hydrogens is 525 g/mol. The third kappa shape index (κ3) is 3.65. The SMILES string of the molecule is O=S(c1cc(Br)cc(Br)c1-c1cnccn1)C(F)(F)C(F)(F)C(F)(F)F. The second-order valence-corrected chi connectivity index (χ2v) is 7.97. The maximum absolute atomic E-state index is 13.9. The highest BCUT2D eigenvalue weighted by atomic mass is 79.9. The van der Waals surface area contributed by atoms with Crippen LogP contribution in [0.1, 0.15) is 0 Å². The molecule has 0 aliphatic rings. The fourth-order valence-corrected chi connectivity index (χ4v) is 4.76. The first kappa shape index (κ1) is 21.2. The number of aromatic nitrogens is 2. The van der Waals surface area contributed by atoms with Crippen LogP contribution in [0.4, 0.5) is 30.7 Å². The van der Waals surface area contributed by atoms with Gasteiger partial charge in [-0.3, -0.25) is 9.97 Å². The summed E-state index contributed by atoms with van der Waals surface area (Å²) in [6.07, 6.45) is -3.19. The van der Waals surface area contributed by atoms with Crippen LogP contribution in [-0.2, 0) is 10.8 Å². The Bertz CT molecular complexity index is 846. The predicted molar refractivity (Wildman–Crippen MR) is 85.2 cm³/mol. The molecule has 0 saturated carbocycles. The Morgan fingerprint density at radius 3 is 2.08 bits per heavy atom. The fraction of sp³-hybridized carbons (Fsp3) is 0.231. The first-order valence-electron chi connectivity index (χ1n) is 6.30. The molecule has 0 bridgehead atoms. The van der Waals surface area contributed by atoms with E-state index in [1.54, 1.807) is 0 Å². The van der Waals surface area contributed by atoms with Crippen LogP contribution in [0.15, 0.2) is 44.6 Å². The van der Waals surface area contributed by atoms with Gasteiger partial charge in [0.05, 0.1) is 16.8 Å². The predicted octanol–water partition coefficient (Wildman–Crippen LogP) is 5.57. The van der Waals surface area contributed by atoms with Crippen LogP contribution >= 0.6 is 31.9 Å². The molecule has 0 radical (unpaired) electrons. The standard InChI is InChI=1S/C13H5Br2F7N2OS/c14-6-3-7(15)10(8-5-23-1-2-24-8)9(4-6)26(25)13(21,22)11(16,17)12(18,19)20/h1-5H. The van der Waals surface area contributed by atoms with E-state index in [9.17, 15) is 34.9 Å². The molecule has 0 aliphatic carbocycles. The molecule has 1 atom stereocenters. The average molecular weight is 530 g/mol. The fourth-order valence-electron chi connectivity index (χ4n) is 1.79. The summed E-state index contributed by atoms with van der Waals surface area (Å²) in [6, 6.07) is 2.05. The van der Waals surface area contributed by atoms with Crippen molar-refractivity contribution in [1.29, 1.82) is 0 Å². The van der Waals surface area contributed by atoms with E-state index in [0.29, 0.717) is 0 Å². The van der Waals surface area contributed by atoms with Crippen molar-refractivity contribution in [3.63, 3.8) is 0 Å². The molecule has 0 fully saturated rings. The minimum Gasteiger partial charge on any atom is -0.261 e. The van der Waals surface area contributed by atoms with Crippen LogP contribution in [-0.4, -0.2) is 31.5 Å². The minimum atomic E-state index is -6.60. The Labute approximate surface area is 160 Å². The van der Waals surface area contributed by atoms with Gasteiger partial charge in [0.15, 0.2) is 0 Å². The summed E-state index contributed by atoms with van der Waals surface area (Å²) >= 11 is 5.86. The molecule has 13 heteroatoms. The van der Waals surface area contributed by atoms with E-state index >= 15 is 0 Å². The van der Waals surface area contributed by atoms with Gasteiger partial charge in [-0.15, -0.1) is 0 Å². The lowest BCUT2D eigenvalue weighted by atomic mass is 10.1. The van der Waals surface area contributed by atoms with E-state index in [1.807, 2.05) is 0 Å². The van der Waals surface area contributed by atoms with Gasteiger partial charge in [-0.25, -0.2) is 4.21 Å². The van der Waals surface area contributed by atoms with Gasteiger partial charge in [-0.1, -0.05) is 31.9 Å². The number of benzene rings is 1. The second-order valence-electron chi connectivity index (χ2n) is 4.71. The molecule has 0 saturated heterocycles. The Balaban J connectivity index is 2.71. The molecule has 142 valence electrons. The van der Waals surface area contributed by atoms with Crippen molar-refractivity contribution in [2.24, 2.45) is 0 Å². The van der Waals surface area contributed by atoms with E-state index in [4.69, 9.17) is 0 Å². The van der Waals surface area contributed by atoms with E-state index in [2.05, 4.69) is 41.8 Å². The lowest BCUT2D eigenvalue weighted by Gasteiger charge is -2.28. The van der Waals surface area contributed by atoms with Gasteiger partial charge < -0.3 is 0 Å². The highest BCUT2D eigenvalue weighted by Gasteiger charge is 2.76. The average Bonchev–Trinajstić information content (AvgIpc) is 2.52. The number of alkyl halides is 7. The number of rotatable bonds is 4. The number of hydrogen-bond acceptors (Lipinski definition) is 3. The lowest BCUT2D eigenvalue weighted by Crippen LogP contribution is -2.54. The molecular formula is C13H5Br2F7N2OS. The van der Waals surface area contributed by atoms with Gasteiger partial charge >= 0.3 is 17.4 Å². The summed E-state index contributed by atoms with van der Waals surface area (Å²) in [5.41, 5.74) is -0.501. The zero-order valence-corrected chi connectivity index (χ0v) is 16.0. The monoisotopic (exact) mass is 528 g/mol. The molecule has 1 aromatic heterocycles. The van der Waals surface area contributed by atoms with Crippen molar-refractivity contribution in [3.8, 4) is 11.3 Å². The first-order valence-corrected chi connectivity index (χ1v) is 9.04. The summed E-state index contributed by atoms with van der Waals surface area (Å²) < 4.78 is 104. The molecule has 1 aromatic carbocycles. The van der Waals surface area contributed by atoms with Gasteiger partial charge in [-0.05, 0) is 12.1 Å². The third-order valence-corrected chi connectivity index (χ3v) is 5.52. The molecule has 0 amide bonds. The molecule has 0 N–H and O–H groups in total. The number of nitrogens with zero attached hydrogens (tertiary/aromatic N) is 2. The van der Waals surface area contributed by atoms with Gasteiger partial charge in [0, 0.05) is 26.9 Å². The Hall–Kier alpha value is -1.08. The number of hydrogen-bond donors (Lipinski definition) is 0. The van der Waals surface area contributed by atoms with Crippen LogP contribution in [0.2, 0.25) is 0 Å². The molecule has 2 aromatic rings. The molecule has 3 nitrogen and oxygen atoms in total. The van der Waals surface area contributed by atoms with E-state index in [-0.39, 0.29) is 20.2 Å². The lowest BCUT2D eigenvalue weighted by molar-refractivity contribution is -0.331. The van der Waals surface area contributed by atoms with Crippen LogP contribution in [0.5, 0.6) is 0 Å². The van der Waals surface area contributed by atoms with Crippen LogP contribution in [0.25, 0.3) is 11.3 Å². The Morgan fingerprint density at radius 2 is 1.58 bits per heavy atom.